The summed E-state index contributed by atoms with van der Waals surface area (Å²) >= 11 is 0. The molecule has 0 N–H and O–H groups in total. The van der Waals surface area contributed by atoms with Crippen LogP contribution < -0.4 is 10.5 Å². The number of piperidine rings is 1. The van der Waals surface area contributed by atoms with E-state index in [9.17, 15) is 18.4 Å². The highest BCUT2D eigenvalue weighted by molar-refractivity contribution is 5.94. The van der Waals surface area contributed by atoms with E-state index in [1.165, 1.54) is 22.0 Å². The van der Waals surface area contributed by atoms with Gasteiger partial charge < -0.3 is 14.4 Å². The van der Waals surface area contributed by atoms with Crippen LogP contribution in [-0.4, -0.2) is 50.9 Å². The first kappa shape index (κ1) is 20.5. The van der Waals surface area contributed by atoms with Gasteiger partial charge in [0.25, 0.3) is 17.4 Å². The lowest BCUT2D eigenvalue weighted by atomic mass is 10.0. The van der Waals surface area contributed by atoms with Crippen molar-refractivity contribution in [3.05, 3.63) is 58.3 Å². The van der Waals surface area contributed by atoms with Crippen LogP contribution in [0.2, 0.25) is 0 Å². The minimum Gasteiger partial charge on any atom is -0.338 e. The van der Waals surface area contributed by atoms with E-state index in [1.807, 2.05) is 18.2 Å². The molecule has 166 valence electrons. The summed E-state index contributed by atoms with van der Waals surface area (Å²) in [5, 5.41) is 0.553. The Labute approximate surface area is 183 Å². The van der Waals surface area contributed by atoms with Crippen LogP contribution in [-0.2, 0) is 13.5 Å². The number of fused-ring (bicyclic) bond motifs is 2. The van der Waals surface area contributed by atoms with Gasteiger partial charge in [-0.15, -0.1) is 0 Å². The smallest absolute Gasteiger partial charge is 0.260 e. The highest BCUT2D eigenvalue weighted by Crippen LogP contribution is 2.34. The summed E-state index contributed by atoms with van der Waals surface area (Å²) in [6, 6.07) is 7.37. The van der Waals surface area contributed by atoms with Gasteiger partial charge in [0.2, 0.25) is 0 Å². The molecule has 0 saturated carbocycles. The van der Waals surface area contributed by atoms with Gasteiger partial charge in [0, 0.05) is 51.4 Å². The number of alkyl halides is 2. The summed E-state index contributed by atoms with van der Waals surface area (Å²) in [5.41, 5.74) is 2.77. The van der Waals surface area contributed by atoms with Crippen LogP contribution in [0.5, 0.6) is 0 Å². The average Bonchev–Trinajstić information content (AvgIpc) is 2.80. The molecule has 0 unspecified atom stereocenters. The number of hydrogen-bond acceptors (Lipinski definition) is 5. The SMILES string of the molecule is Cn1cnc2cc(N3CCCc4cc(C(=O)N5CCC(F)(F)CC5)cnc43)ccc2c1=O. The summed E-state index contributed by atoms with van der Waals surface area (Å²) in [4.78, 5) is 37.6. The fourth-order valence-corrected chi connectivity index (χ4v) is 4.42. The van der Waals surface area contributed by atoms with Gasteiger partial charge in [-0.25, -0.2) is 18.7 Å². The van der Waals surface area contributed by atoms with Gasteiger partial charge in [0.05, 0.1) is 22.8 Å². The van der Waals surface area contributed by atoms with E-state index >= 15 is 0 Å². The molecule has 2 aliphatic rings. The number of halogens is 2. The third kappa shape index (κ3) is 3.61. The van der Waals surface area contributed by atoms with E-state index in [-0.39, 0.29) is 37.4 Å². The van der Waals surface area contributed by atoms with Crippen LogP contribution in [0.1, 0.15) is 35.2 Å². The molecule has 0 spiro atoms. The number of likely N-dealkylation sites (tertiary alicyclic amines) is 1. The molecule has 5 rings (SSSR count). The van der Waals surface area contributed by atoms with Gasteiger partial charge >= 0.3 is 0 Å². The van der Waals surface area contributed by atoms with Crippen molar-refractivity contribution in [3.63, 3.8) is 0 Å². The van der Waals surface area contributed by atoms with Crippen molar-refractivity contribution in [2.75, 3.05) is 24.5 Å². The molecule has 1 fully saturated rings. The van der Waals surface area contributed by atoms with Gasteiger partial charge in [0.15, 0.2) is 0 Å². The molecule has 0 aliphatic carbocycles. The summed E-state index contributed by atoms with van der Waals surface area (Å²) < 4.78 is 28.3. The van der Waals surface area contributed by atoms with Gasteiger partial charge in [-0.05, 0) is 42.7 Å². The van der Waals surface area contributed by atoms with E-state index < -0.39 is 5.92 Å². The molecule has 7 nitrogen and oxygen atoms in total. The standard InChI is InChI=1S/C23H23F2N5O2/c1-28-14-27-19-12-17(4-5-18(19)22(28)32)30-8-2-3-15-11-16(13-26-20(15)30)21(31)29-9-6-23(24,25)7-10-29/h4-5,11-14H,2-3,6-10H2,1H3. The third-order valence-electron chi connectivity index (χ3n) is 6.27. The minimum absolute atomic E-state index is 0.0542. The van der Waals surface area contributed by atoms with Crippen LogP contribution in [0, 0.1) is 0 Å². The lowest BCUT2D eigenvalue weighted by Gasteiger charge is -2.33. The number of benzene rings is 1. The predicted molar refractivity (Wildman–Crippen MR) is 117 cm³/mol. The van der Waals surface area contributed by atoms with Gasteiger partial charge in [-0.2, -0.15) is 0 Å². The number of nitrogens with zero attached hydrogens (tertiary/aromatic N) is 5. The van der Waals surface area contributed by atoms with E-state index in [0.29, 0.717) is 16.5 Å². The average molecular weight is 439 g/mol. The number of aromatic nitrogens is 3. The maximum atomic E-state index is 13.4. The molecule has 1 saturated heterocycles. The molecule has 0 radical (unpaired) electrons. The normalized spacial score (nSPS) is 18.0. The zero-order valence-corrected chi connectivity index (χ0v) is 17.7. The first-order chi connectivity index (χ1) is 15.3. The van der Waals surface area contributed by atoms with E-state index in [4.69, 9.17) is 0 Å². The Balaban J connectivity index is 1.43. The number of carbonyl (C=O) groups excluding carboxylic acids is 1. The summed E-state index contributed by atoms with van der Waals surface area (Å²) in [7, 11) is 1.67. The fourth-order valence-electron chi connectivity index (χ4n) is 4.42. The molecule has 2 aromatic heterocycles. The Hall–Kier alpha value is -3.36. The summed E-state index contributed by atoms with van der Waals surface area (Å²) in [6.07, 6.45) is 4.09. The molecule has 4 heterocycles. The van der Waals surface area contributed by atoms with Crippen molar-refractivity contribution in [2.45, 2.75) is 31.6 Å². The van der Waals surface area contributed by atoms with Crippen molar-refractivity contribution in [2.24, 2.45) is 7.05 Å². The van der Waals surface area contributed by atoms with Crippen molar-refractivity contribution in [1.29, 1.82) is 0 Å². The Morgan fingerprint density at radius 1 is 1.09 bits per heavy atom. The van der Waals surface area contributed by atoms with Crippen molar-refractivity contribution < 1.29 is 13.6 Å². The van der Waals surface area contributed by atoms with Crippen molar-refractivity contribution >= 4 is 28.3 Å². The number of rotatable bonds is 2. The lowest BCUT2D eigenvalue weighted by molar-refractivity contribution is -0.0494. The van der Waals surface area contributed by atoms with Gasteiger partial charge in [0.1, 0.15) is 5.82 Å². The number of pyridine rings is 1. The molecule has 9 heteroatoms. The quantitative estimate of drug-likeness (QED) is 0.613. The van der Waals surface area contributed by atoms with Crippen LogP contribution in [0.3, 0.4) is 0 Å². The first-order valence-electron chi connectivity index (χ1n) is 10.7. The van der Waals surface area contributed by atoms with Crippen molar-refractivity contribution in [3.8, 4) is 0 Å². The molecule has 3 aromatic rings. The Bertz CT molecular complexity index is 1260. The number of carbonyl (C=O) groups is 1. The number of aryl methyl sites for hydroxylation is 2. The van der Waals surface area contributed by atoms with Crippen LogP contribution in [0.25, 0.3) is 10.9 Å². The highest BCUT2D eigenvalue weighted by atomic mass is 19.3. The molecule has 32 heavy (non-hydrogen) atoms. The van der Waals surface area contributed by atoms with E-state index in [1.54, 1.807) is 13.1 Å². The Kier molecular flexibility index (Phi) is 4.91. The maximum absolute atomic E-state index is 13.4. The topological polar surface area (TPSA) is 71.3 Å². The Morgan fingerprint density at radius 2 is 1.88 bits per heavy atom. The lowest BCUT2D eigenvalue weighted by Crippen LogP contribution is -2.42. The molecular weight excluding hydrogens is 416 g/mol. The van der Waals surface area contributed by atoms with Gasteiger partial charge in [-0.3, -0.25) is 9.59 Å². The highest BCUT2D eigenvalue weighted by Gasteiger charge is 2.36. The monoisotopic (exact) mass is 439 g/mol. The molecular formula is C23H23F2N5O2. The fraction of sp³-hybridized carbons (Fsp3) is 0.391. The molecule has 0 atom stereocenters. The Morgan fingerprint density at radius 3 is 2.66 bits per heavy atom. The minimum atomic E-state index is -2.69. The van der Waals surface area contributed by atoms with Crippen LogP contribution >= 0.6 is 0 Å². The number of hydrogen-bond donors (Lipinski definition) is 0. The molecule has 0 bridgehead atoms. The van der Waals surface area contributed by atoms with Crippen LogP contribution in [0.4, 0.5) is 20.3 Å². The van der Waals surface area contributed by atoms with E-state index in [2.05, 4.69) is 14.9 Å². The summed E-state index contributed by atoms with van der Waals surface area (Å²) in [5.74, 6) is -2.18. The number of anilines is 2. The molecule has 2 aliphatic heterocycles. The van der Waals surface area contributed by atoms with Gasteiger partial charge in [-0.1, -0.05) is 0 Å². The second-order valence-electron chi connectivity index (χ2n) is 8.47. The maximum Gasteiger partial charge on any atom is 0.260 e. The first-order valence-corrected chi connectivity index (χ1v) is 10.7. The second kappa shape index (κ2) is 7.65. The summed E-state index contributed by atoms with van der Waals surface area (Å²) in [6.45, 7) is 0.863. The molecule has 1 amide bonds. The third-order valence-corrected chi connectivity index (χ3v) is 6.27. The van der Waals surface area contributed by atoms with Crippen LogP contribution in [0.15, 0.2) is 41.6 Å². The van der Waals surface area contributed by atoms with Crippen molar-refractivity contribution in [1.82, 2.24) is 19.4 Å². The number of amides is 1. The zero-order valence-electron chi connectivity index (χ0n) is 17.7. The predicted octanol–water partition coefficient (Wildman–Crippen LogP) is 3.28. The molecule has 1 aromatic carbocycles. The van der Waals surface area contributed by atoms with E-state index in [0.717, 1.165) is 36.5 Å². The zero-order chi connectivity index (χ0) is 22.5. The largest absolute Gasteiger partial charge is 0.338 e. The second-order valence-corrected chi connectivity index (χ2v) is 8.47.